The van der Waals surface area contributed by atoms with E-state index >= 15 is 0 Å². The molecule has 1 aromatic heterocycles. The number of amides is 1. The fourth-order valence-corrected chi connectivity index (χ4v) is 2.72. The first-order valence-corrected chi connectivity index (χ1v) is 8.92. The largest absolute Gasteiger partial charge is 0.496 e. The molecular weight excluding hydrogens is 362 g/mol. The van der Waals surface area contributed by atoms with Gasteiger partial charge in [-0.05, 0) is 48.4 Å². The lowest BCUT2D eigenvalue weighted by atomic mass is 10.1. The highest BCUT2D eigenvalue weighted by Gasteiger charge is 2.11. The number of para-hydroxylation sites is 1. The molecule has 138 valence electrons. The van der Waals surface area contributed by atoms with Gasteiger partial charge in [-0.3, -0.25) is 4.79 Å². The van der Waals surface area contributed by atoms with Gasteiger partial charge in [-0.1, -0.05) is 35.9 Å². The SMILES string of the molecule is COc1ccccc1C(=O)Nc1ccc(NCCc2ccc(Cl)cc2)nc1. The first-order valence-electron chi connectivity index (χ1n) is 8.54. The second-order valence-corrected chi connectivity index (χ2v) is 6.33. The van der Waals surface area contributed by atoms with E-state index < -0.39 is 0 Å². The highest BCUT2D eigenvalue weighted by molar-refractivity contribution is 6.30. The second-order valence-electron chi connectivity index (χ2n) is 5.89. The molecule has 1 heterocycles. The van der Waals surface area contributed by atoms with E-state index in [9.17, 15) is 4.79 Å². The van der Waals surface area contributed by atoms with E-state index in [0.29, 0.717) is 17.0 Å². The van der Waals surface area contributed by atoms with Crippen LogP contribution in [0.25, 0.3) is 0 Å². The summed E-state index contributed by atoms with van der Waals surface area (Å²) in [5, 5.41) is 6.82. The van der Waals surface area contributed by atoms with Gasteiger partial charge < -0.3 is 15.4 Å². The summed E-state index contributed by atoms with van der Waals surface area (Å²) in [6.07, 6.45) is 2.49. The molecule has 0 spiro atoms. The van der Waals surface area contributed by atoms with Crippen LogP contribution >= 0.6 is 11.6 Å². The van der Waals surface area contributed by atoms with Crippen molar-refractivity contribution in [3.8, 4) is 5.75 Å². The molecule has 0 aliphatic carbocycles. The van der Waals surface area contributed by atoms with Gasteiger partial charge in [0.15, 0.2) is 0 Å². The third-order valence-electron chi connectivity index (χ3n) is 4.01. The quantitative estimate of drug-likeness (QED) is 0.625. The second kappa shape index (κ2) is 9.05. The molecule has 27 heavy (non-hydrogen) atoms. The van der Waals surface area contributed by atoms with Crippen LogP contribution in [0.3, 0.4) is 0 Å². The lowest BCUT2D eigenvalue weighted by molar-refractivity contribution is 0.102. The molecular formula is C21H20ClN3O2. The molecule has 0 bridgehead atoms. The number of carbonyl (C=O) groups is 1. The van der Waals surface area contributed by atoms with Crippen molar-refractivity contribution in [2.24, 2.45) is 0 Å². The maximum Gasteiger partial charge on any atom is 0.259 e. The standard InChI is InChI=1S/C21H20ClN3O2/c1-27-19-5-3-2-4-18(19)21(26)25-17-10-11-20(24-14-17)23-13-12-15-6-8-16(22)9-7-15/h2-11,14H,12-13H2,1H3,(H,23,24)(H,25,26). The maximum absolute atomic E-state index is 12.4. The molecule has 5 nitrogen and oxygen atoms in total. The van der Waals surface area contributed by atoms with Crippen LogP contribution in [0, 0.1) is 0 Å². The zero-order valence-electron chi connectivity index (χ0n) is 14.9. The first-order chi connectivity index (χ1) is 13.2. The Morgan fingerprint density at radius 2 is 1.85 bits per heavy atom. The molecule has 0 aliphatic heterocycles. The molecule has 2 N–H and O–H groups in total. The lowest BCUT2D eigenvalue weighted by Crippen LogP contribution is -2.13. The van der Waals surface area contributed by atoms with Crippen molar-refractivity contribution in [2.45, 2.75) is 6.42 Å². The Labute approximate surface area is 163 Å². The third-order valence-corrected chi connectivity index (χ3v) is 4.26. The van der Waals surface area contributed by atoms with Crippen LogP contribution in [0.15, 0.2) is 66.9 Å². The Bertz CT molecular complexity index is 896. The Morgan fingerprint density at radius 1 is 1.07 bits per heavy atom. The summed E-state index contributed by atoms with van der Waals surface area (Å²) < 4.78 is 5.22. The van der Waals surface area contributed by atoms with Crippen molar-refractivity contribution in [3.63, 3.8) is 0 Å². The van der Waals surface area contributed by atoms with E-state index in [1.807, 2.05) is 42.5 Å². The molecule has 0 fully saturated rings. The minimum Gasteiger partial charge on any atom is -0.496 e. The zero-order chi connectivity index (χ0) is 19.1. The average molecular weight is 382 g/mol. The van der Waals surface area contributed by atoms with Crippen molar-refractivity contribution in [1.82, 2.24) is 4.98 Å². The normalized spacial score (nSPS) is 10.3. The van der Waals surface area contributed by atoms with Crippen LogP contribution in [-0.4, -0.2) is 24.5 Å². The van der Waals surface area contributed by atoms with Gasteiger partial charge in [-0.15, -0.1) is 0 Å². The van der Waals surface area contributed by atoms with Gasteiger partial charge in [-0.25, -0.2) is 4.98 Å². The highest BCUT2D eigenvalue weighted by atomic mass is 35.5. The first kappa shape index (κ1) is 18.7. The van der Waals surface area contributed by atoms with Crippen LogP contribution < -0.4 is 15.4 Å². The Balaban J connectivity index is 1.54. The Kier molecular flexibility index (Phi) is 6.28. The number of carbonyl (C=O) groups excluding carboxylic acids is 1. The van der Waals surface area contributed by atoms with Crippen molar-refractivity contribution < 1.29 is 9.53 Å². The predicted molar refractivity (Wildman–Crippen MR) is 109 cm³/mol. The molecule has 0 saturated carbocycles. The topological polar surface area (TPSA) is 63.2 Å². The maximum atomic E-state index is 12.4. The van der Waals surface area contributed by atoms with Crippen molar-refractivity contribution >= 4 is 29.0 Å². The smallest absolute Gasteiger partial charge is 0.259 e. The molecule has 0 aliphatic rings. The number of nitrogens with one attached hydrogen (secondary N) is 2. The number of halogens is 1. The van der Waals surface area contributed by atoms with E-state index in [0.717, 1.165) is 23.8 Å². The van der Waals surface area contributed by atoms with Gasteiger partial charge in [-0.2, -0.15) is 0 Å². The highest BCUT2D eigenvalue weighted by Crippen LogP contribution is 2.19. The monoisotopic (exact) mass is 381 g/mol. The van der Waals surface area contributed by atoms with Gasteiger partial charge in [0, 0.05) is 11.6 Å². The van der Waals surface area contributed by atoms with Crippen LogP contribution in [0.2, 0.25) is 5.02 Å². The summed E-state index contributed by atoms with van der Waals surface area (Å²) in [6.45, 7) is 0.752. The lowest BCUT2D eigenvalue weighted by Gasteiger charge is -2.10. The number of ether oxygens (including phenoxy) is 1. The summed E-state index contributed by atoms with van der Waals surface area (Å²) >= 11 is 5.89. The molecule has 0 radical (unpaired) electrons. The van der Waals surface area contributed by atoms with E-state index in [-0.39, 0.29) is 5.91 Å². The third kappa shape index (κ3) is 5.21. The van der Waals surface area contributed by atoms with Crippen LogP contribution in [0.5, 0.6) is 5.75 Å². The minimum absolute atomic E-state index is 0.238. The number of benzene rings is 2. The summed E-state index contributed by atoms with van der Waals surface area (Å²) in [5.41, 5.74) is 2.30. The molecule has 3 aromatic rings. The summed E-state index contributed by atoms with van der Waals surface area (Å²) in [6, 6.07) is 18.5. The number of methoxy groups -OCH3 is 1. The molecule has 1 amide bonds. The van der Waals surface area contributed by atoms with Crippen molar-refractivity contribution in [3.05, 3.63) is 83.0 Å². The summed E-state index contributed by atoms with van der Waals surface area (Å²) in [7, 11) is 1.54. The number of hydrogen-bond donors (Lipinski definition) is 2. The number of pyridine rings is 1. The van der Waals surface area contributed by atoms with E-state index in [4.69, 9.17) is 16.3 Å². The summed E-state index contributed by atoms with van der Waals surface area (Å²) in [4.78, 5) is 16.7. The van der Waals surface area contributed by atoms with E-state index in [1.54, 1.807) is 24.4 Å². The van der Waals surface area contributed by atoms with Gasteiger partial charge >= 0.3 is 0 Å². The minimum atomic E-state index is -0.238. The molecule has 2 aromatic carbocycles. The molecule has 3 rings (SSSR count). The predicted octanol–water partition coefficient (Wildman–Crippen LogP) is 4.65. The molecule has 0 atom stereocenters. The van der Waals surface area contributed by atoms with Gasteiger partial charge in [0.1, 0.15) is 11.6 Å². The van der Waals surface area contributed by atoms with Crippen molar-refractivity contribution in [1.29, 1.82) is 0 Å². The summed E-state index contributed by atoms with van der Waals surface area (Å²) in [5.74, 6) is 1.04. The fraction of sp³-hybridized carbons (Fsp3) is 0.143. The van der Waals surface area contributed by atoms with Crippen LogP contribution in [0.1, 0.15) is 15.9 Å². The van der Waals surface area contributed by atoms with E-state index in [2.05, 4.69) is 15.6 Å². The van der Waals surface area contributed by atoms with Gasteiger partial charge in [0.25, 0.3) is 5.91 Å². The molecule has 0 unspecified atom stereocenters. The molecule has 0 saturated heterocycles. The number of anilines is 2. The van der Waals surface area contributed by atoms with Crippen LogP contribution in [-0.2, 0) is 6.42 Å². The zero-order valence-corrected chi connectivity index (χ0v) is 15.7. The number of rotatable bonds is 7. The number of hydrogen-bond acceptors (Lipinski definition) is 4. The number of aromatic nitrogens is 1. The van der Waals surface area contributed by atoms with Crippen molar-refractivity contribution in [2.75, 3.05) is 24.3 Å². The average Bonchev–Trinajstić information content (AvgIpc) is 2.70. The molecule has 6 heteroatoms. The number of nitrogens with zero attached hydrogens (tertiary/aromatic N) is 1. The Hall–Kier alpha value is -3.05. The van der Waals surface area contributed by atoms with Gasteiger partial charge in [0.05, 0.1) is 24.6 Å². The van der Waals surface area contributed by atoms with E-state index in [1.165, 1.54) is 12.7 Å². The van der Waals surface area contributed by atoms with Crippen LogP contribution in [0.4, 0.5) is 11.5 Å². The fourth-order valence-electron chi connectivity index (χ4n) is 2.59. The Morgan fingerprint density at radius 3 is 2.56 bits per heavy atom. The van der Waals surface area contributed by atoms with Gasteiger partial charge in [0.2, 0.25) is 0 Å².